The van der Waals surface area contributed by atoms with E-state index in [-0.39, 0.29) is 53.3 Å². The first-order valence-corrected chi connectivity index (χ1v) is 27.1. The lowest BCUT2D eigenvalue weighted by Gasteiger charge is -2.49. The molecule has 4 aliphatic rings. The zero-order valence-corrected chi connectivity index (χ0v) is 43.7. The molecule has 0 spiro atoms. The molecule has 1 amide bonds. The average Bonchev–Trinajstić information content (AvgIpc) is 3.25. The molecule has 0 aromatic rings. The number of nitrogens with zero attached hydrogens (tertiary/aromatic N) is 1. The van der Waals surface area contributed by atoms with E-state index in [0.29, 0.717) is 57.8 Å². The van der Waals surface area contributed by atoms with E-state index in [4.69, 9.17) is 28.1 Å². The summed E-state index contributed by atoms with van der Waals surface area (Å²) in [5.41, 5.74) is 2.55. The fraction of sp³-hybridized carbons (Fsp3) is 0.827. The van der Waals surface area contributed by atoms with E-state index in [1.165, 1.54) is 4.90 Å². The normalized spacial score (nSPS) is 36.9. The van der Waals surface area contributed by atoms with Crippen LogP contribution in [0.2, 0.25) is 16.6 Å². The predicted molar refractivity (Wildman–Crippen MR) is 257 cm³/mol. The number of cyclic esters (lactones) is 1. The van der Waals surface area contributed by atoms with Gasteiger partial charge in [0.05, 0.1) is 30.5 Å². The first-order chi connectivity index (χ1) is 30.6. The molecule has 1 aliphatic carbocycles. The van der Waals surface area contributed by atoms with Crippen molar-refractivity contribution in [1.29, 1.82) is 0 Å². The van der Waals surface area contributed by atoms with Crippen LogP contribution in [0.5, 0.6) is 0 Å². The van der Waals surface area contributed by atoms with E-state index in [0.717, 1.165) is 17.6 Å². The Hall–Kier alpha value is -2.23. The minimum absolute atomic E-state index is 0.0454. The van der Waals surface area contributed by atoms with E-state index in [9.17, 15) is 19.8 Å². The smallest absolute Gasteiger partial charge is 0.329 e. The summed E-state index contributed by atoms with van der Waals surface area (Å²) in [6, 6.07) is -0.981. The summed E-state index contributed by atoms with van der Waals surface area (Å²) in [7, 11) is 2.20. The number of carbonyl (C=O) groups is 3. The number of ether oxygens (including phenoxy) is 5. The van der Waals surface area contributed by atoms with E-state index < -0.39 is 86.4 Å². The monoisotopic (exact) mass is 932 g/mol. The molecule has 3 heterocycles. The van der Waals surface area contributed by atoms with Crippen molar-refractivity contribution >= 4 is 26.0 Å². The molecule has 0 aromatic heterocycles. The highest BCUT2D eigenvalue weighted by Crippen LogP contribution is 2.46. The Morgan fingerprint density at radius 1 is 0.892 bits per heavy atom. The van der Waals surface area contributed by atoms with Gasteiger partial charge in [0.25, 0.3) is 11.7 Å². The van der Waals surface area contributed by atoms with Gasteiger partial charge in [-0.1, -0.05) is 86.1 Å². The minimum atomic E-state index is -2.63. The molecule has 0 aromatic carbocycles. The number of piperidine rings is 1. The Morgan fingerprint density at radius 3 is 2.09 bits per heavy atom. The maximum absolute atomic E-state index is 15.0. The Kier molecular flexibility index (Phi) is 20.7. The molecule has 13 heteroatoms. The van der Waals surface area contributed by atoms with Gasteiger partial charge in [0.2, 0.25) is 8.32 Å². The van der Waals surface area contributed by atoms with Gasteiger partial charge in [0.15, 0.2) is 0 Å². The molecule has 2 N–H and O–H groups in total. The minimum Gasteiger partial charge on any atom is -0.456 e. The molecule has 0 radical (unpaired) electrons. The number of fused-ring (bicyclic) bond motifs is 3. The van der Waals surface area contributed by atoms with Gasteiger partial charge in [-0.05, 0) is 112 Å². The first-order valence-electron chi connectivity index (χ1n) is 24.9. The molecule has 3 fully saturated rings. The molecule has 0 unspecified atom stereocenters. The predicted octanol–water partition coefficient (Wildman–Crippen LogP) is 9.27. The van der Waals surface area contributed by atoms with Gasteiger partial charge in [0.1, 0.15) is 24.0 Å². The van der Waals surface area contributed by atoms with Crippen molar-refractivity contribution in [2.24, 2.45) is 29.6 Å². The summed E-state index contributed by atoms with van der Waals surface area (Å²) in [6.45, 7) is 27.7. The molecule has 1 saturated carbocycles. The quantitative estimate of drug-likeness (QED) is 0.110. The summed E-state index contributed by atoms with van der Waals surface area (Å²) < 4.78 is 38.7. The molecular weight excluding hydrogens is 843 g/mol. The highest BCUT2D eigenvalue weighted by molar-refractivity contribution is 6.77. The van der Waals surface area contributed by atoms with Crippen LogP contribution < -0.4 is 0 Å². The summed E-state index contributed by atoms with van der Waals surface area (Å²) in [4.78, 5) is 46.4. The number of methoxy groups -OCH3 is 3. The van der Waals surface area contributed by atoms with Crippen LogP contribution in [-0.4, -0.2) is 124 Å². The maximum Gasteiger partial charge on any atom is 0.329 e. The van der Waals surface area contributed by atoms with Gasteiger partial charge in [-0.2, -0.15) is 0 Å². The number of allylic oxidation sites excluding steroid dienone is 4. The third-order valence-electron chi connectivity index (χ3n) is 15.7. The number of Topliss-reactive ketones (excluding diaryl/α,β-unsaturated/α-hetero) is 1. The van der Waals surface area contributed by atoms with Crippen molar-refractivity contribution in [3.63, 3.8) is 0 Å². The standard InChI is InChI=1S/C52H89NO11Si/c1-16-19-40-25-34(8)24-35(9)26-46(60-14)49-47(61-15)28-37(11)52(58,63-49)51(57)53-23-18-17-20-41(53)50(56)62-48(36(10)27-39-21-22-42(54)45(29-39)59-13)38(12)44(30-43(40)55)64-65(31(2)3,32(4)5)33(6)7/h16,25,27,31-33,35,37-42,44-49,54,58H,1,17-24,26,28-30H2,2-15H3/b34-25?,36-27+/t35-,37+,38+,39-,40+,41-,42+,44-,45+,46-,47-,48+,49+,52+/m0/s1. The van der Waals surface area contributed by atoms with Crippen LogP contribution in [0.25, 0.3) is 0 Å². The highest BCUT2D eigenvalue weighted by atomic mass is 28.4. The second-order valence-corrected chi connectivity index (χ2v) is 26.8. The van der Waals surface area contributed by atoms with Crippen LogP contribution in [0.3, 0.4) is 0 Å². The van der Waals surface area contributed by atoms with E-state index >= 15 is 4.79 Å². The number of ketones is 1. The lowest BCUT2D eigenvalue weighted by atomic mass is 9.81. The third-order valence-corrected chi connectivity index (χ3v) is 21.8. The van der Waals surface area contributed by atoms with Crippen molar-refractivity contribution in [1.82, 2.24) is 4.90 Å². The third kappa shape index (κ3) is 12.9. The topological polar surface area (TPSA) is 150 Å². The number of aliphatic hydroxyl groups excluding tert-OH is 1. The van der Waals surface area contributed by atoms with Crippen LogP contribution in [0, 0.1) is 29.6 Å². The summed E-state index contributed by atoms with van der Waals surface area (Å²) in [5, 5.41) is 23.2. The SMILES string of the molecule is C=CC[C@@H]1C=C(C)C[C@H](C)C[C@H](OC)[C@H]2O[C@@](O)(C(=O)N3CCCC[C@H]3C(=O)O[C@H](/C(C)=C/[C@@H]3CC[C@@H](O)[C@H](OC)C3)[C@H](C)[C@@H](O[Si](C(C)C)(C(C)C)C(C)C)CC1=O)[C@H](C)C[C@@H]2OC. The molecule has 65 heavy (non-hydrogen) atoms. The van der Waals surface area contributed by atoms with Gasteiger partial charge >= 0.3 is 5.97 Å². The number of esters is 1. The van der Waals surface area contributed by atoms with Gasteiger partial charge in [-0.25, -0.2) is 4.79 Å². The Labute approximate surface area is 393 Å². The molecule has 3 aliphatic heterocycles. The number of aliphatic hydroxyl groups is 2. The molecule has 4 rings (SSSR count). The van der Waals surface area contributed by atoms with Crippen molar-refractivity contribution in [2.75, 3.05) is 27.9 Å². The van der Waals surface area contributed by atoms with Gasteiger partial charge in [-0.3, -0.25) is 9.59 Å². The van der Waals surface area contributed by atoms with Crippen LogP contribution in [0.15, 0.2) is 36.0 Å². The summed E-state index contributed by atoms with van der Waals surface area (Å²) in [5.74, 6) is -4.87. The number of carbonyl (C=O) groups excluding carboxylic acids is 3. The lowest BCUT2D eigenvalue weighted by molar-refractivity contribution is -0.309. The van der Waals surface area contributed by atoms with Crippen LogP contribution in [-0.2, 0) is 42.5 Å². The van der Waals surface area contributed by atoms with Gasteiger partial charge in [0, 0.05) is 52.0 Å². The fourth-order valence-corrected chi connectivity index (χ4v) is 17.8. The zero-order chi connectivity index (χ0) is 48.6. The second kappa shape index (κ2) is 24.4. The van der Waals surface area contributed by atoms with E-state index in [1.54, 1.807) is 34.3 Å². The first kappa shape index (κ1) is 55.4. The molecule has 14 atom stereocenters. The summed E-state index contributed by atoms with van der Waals surface area (Å²) >= 11 is 0. The lowest BCUT2D eigenvalue weighted by Crippen LogP contribution is -2.66. The fourth-order valence-electron chi connectivity index (χ4n) is 12.1. The van der Waals surface area contributed by atoms with Crippen LogP contribution in [0.4, 0.5) is 0 Å². The average molecular weight is 932 g/mol. The second-order valence-electron chi connectivity index (χ2n) is 21.3. The maximum atomic E-state index is 15.0. The van der Waals surface area contributed by atoms with Crippen molar-refractivity contribution < 1.29 is 52.7 Å². The number of hydrogen-bond acceptors (Lipinski definition) is 11. The summed E-state index contributed by atoms with van der Waals surface area (Å²) in [6.07, 6.45) is 7.74. The van der Waals surface area contributed by atoms with Crippen molar-refractivity contribution in [3.05, 3.63) is 36.0 Å². The van der Waals surface area contributed by atoms with Crippen LogP contribution >= 0.6 is 0 Å². The van der Waals surface area contributed by atoms with Crippen LogP contribution in [0.1, 0.15) is 147 Å². The van der Waals surface area contributed by atoms with Crippen molar-refractivity contribution in [2.45, 2.75) is 218 Å². The molecular formula is C52H89NO11Si. The highest BCUT2D eigenvalue weighted by Gasteiger charge is 2.57. The van der Waals surface area contributed by atoms with E-state index in [2.05, 4.69) is 74.1 Å². The molecule has 2 saturated heterocycles. The molecule has 372 valence electrons. The Bertz CT molecular complexity index is 1630. The van der Waals surface area contributed by atoms with Crippen molar-refractivity contribution in [3.8, 4) is 0 Å². The largest absolute Gasteiger partial charge is 0.456 e. The Balaban J connectivity index is 1.95. The Morgan fingerprint density at radius 2 is 1.51 bits per heavy atom. The number of rotatable bonds is 12. The van der Waals surface area contributed by atoms with Gasteiger partial charge < -0.3 is 43.2 Å². The number of hydrogen-bond donors (Lipinski definition) is 2. The van der Waals surface area contributed by atoms with Gasteiger partial charge in [-0.15, -0.1) is 6.58 Å². The molecule has 2 bridgehead atoms. The van der Waals surface area contributed by atoms with E-state index in [1.807, 2.05) is 13.8 Å². The number of amides is 1. The zero-order valence-electron chi connectivity index (χ0n) is 42.7. The molecule has 12 nitrogen and oxygen atoms in total.